The first-order valence-electron chi connectivity index (χ1n) is 12.9. The van der Waals surface area contributed by atoms with E-state index in [-0.39, 0.29) is 35.6 Å². The maximum Gasteiger partial charge on any atom is 0.245 e. The van der Waals surface area contributed by atoms with Crippen LogP contribution in [-0.4, -0.2) is 58.8 Å². The zero-order valence-corrected chi connectivity index (χ0v) is 21.7. The summed E-state index contributed by atoms with van der Waals surface area (Å²) in [6.07, 6.45) is 9.01. The van der Waals surface area contributed by atoms with Gasteiger partial charge in [-0.05, 0) is 64.6 Å². The monoisotopic (exact) mass is 500 g/mol. The largest absolute Gasteiger partial charge is 0.345 e. The summed E-state index contributed by atoms with van der Waals surface area (Å²) in [6, 6.07) is 4.72. The van der Waals surface area contributed by atoms with E-state index < -0.39 is 6.04 Å². The molecule has 1 aromatic heterocycles. The molecule has 2 N–H and O–H groups in total. The van der Waals surface area contributed by atoms with Crippen LogP contribution in [0.15, 0.2) is 24.4 Å². The second kappa shape index (κ2) is 11.1. The number of benzene rings is 1. The molecule has 2 aliphatic rings. The predicted molar refractivity (Wildman–Crippen MR) is 139 cm³/mol. The normalized spacial score (nSPS) is 20.7. The molecule has 190 valence electrons. The quantitative estimate of drug-likeness (QED) is 0.533. The SMILES string of the molecule is CN[C@@H](C)C(=O)N[C@H](C(=O)N1CCC[C@H]1Cn1cc(C(C)=O)c2ccc(Cl)cc21)C1CCCCC1. The number of carbonyl (C=O) groups is 3. The highest BCUT2D eigenvalue weighted by Gasteiger charge is 2.38. The van der Waals surface area contributed by atoms with Crippen molar-refractivity contribution in [3.8, 4) is 0 Å². The Morgan fingerprint density at radius 2 is 1.86 bits per heavy atom. The molecule has 1 saturated carbocycles. The minimum Gasteiger partial charge on any atom is -0.345 e. The Morgan fingerprint density at radius 3 is 2.54 bits per heavy atom. The highest BCUT2D eigenvalue weighted by atomic mass is 35.5. The number of carbonyl (C=O) groups excluding carboxylic acids is 3. The van der Waals surface area contributed by atoms with Gasteiger partial charge in [-0.2, -0.15) is 0 Å². The zero-order valence-electron chi connectivity index (χ0n) is 21.0. The molecule has 1 aliphatic carbocycles. The summed E-state index contributed by atoms with van der Waals surface area (Å²) in [6.45, 7) is 4.66. The zero-order chi connectivity index (χ0) is 25.1. The van der Waals surface area contributed by atoms with Gasteiger partial charge in [0.05, 0.1) is 11.6 Å². The molecular formula is C27H37ClN4O3. The Labute approximate surface area is 212 Å². The minimum absolute atomic E-state index is 0.00149. The van der Waals surface area contributed by atoms with Crippen molar-refractivity contribution in [2.75, 3.05) is 13.6 Å². The van der Waals surface area contributed by atoms with Gasteiger partial charge >= 0.3 is 0 Å². The van der Waals surface area contributed by atoms with E-state index in [1.165, 1.54) is 6.42 Å². The summed E-state index contributed by atoms with van der Waals surface area (Å²) >= 11 is 6.28. The number of hydrogen-bond acceptors (Lipinski definition) is 4. The van der Waals surface area contributed by atoms with E-state index in [2.05, 4.69) is 15.2 Å². The van der Waals surface area contributed by atoms with Crippen molar-refractivity contribution in [2.45, 2.75) is 83.5 Å². The van der Waals surface area contributed by atoms with Gasteiger partial charge in [-0.1, -0.05) is 36.9 Å². The Hall–Kier alpha value is -2.38. The minimum atomic E-state index is -0.497. The predicted octanol–water partition coefficient (Wildman–Crippen LogP) is 4.16. The Bertz CT molecular complexity index is 1090. The Morgan fingerprint density at radius 1 is 1.11 bits per heavy atom. The maximum absolute atomic E-state index is 13.9. The van der Waals surface area contributed by atoms with Gasteiger partial charge in [0.15, 0.2) is 5.78 Å². The van der Waals surface area contributed by atoms with Crippen molar-refractivity contribution in [3.05, 3.63) is 35.0 Å². The van der Waals surface area contributed by atoms with Gasteiger partial charge < -0.3 is 20.1 Å². The molecule has 3 atom stereocenters. The molecule has 2 fully saturated rings. The summed E-state index contributed by atoms with van der Waals surface area (Å²) in [4.78, 5) is 40.9. The molecule has 2 aromatic rings. The van der Waals surface area contributed by atoms with Crippen molar-refractivity contribution >= 4 is 40.1 Å². The number of halogens is 1. The molecule has 8 heteroatoms. The Kier molecular flexibility index (Phi) is 8.17. The van der Waals surface area contributed by atoms with Crippen LogP contribution in [0.25, 0.3) is 10.9 Å². The molecule has 7 nitrogen and oxygen atoms in total. The molecule has 0 bridgehead atoms. The van der Waals surface area contributed by atoms with Crippen molar-refractivity contribution < 1.29 is 14.4 Å². The van der Waals surface area contributed by atoms with Crippen molar-refractivity contribution in [1.82, 2.24) is 20.1 Å². The number of fused-ring (bicyclic) bond motifs is 1. The summed E-state index contributed by atoms with van der Waals surface area (Å²) in [7, 11) is 1.75. The number of nitrogens with zero attached hydrogens (tertiary/aromatic N) is 2. The lowest BCUT2D eigenvalue weighted by atomic mass is 9.83. The summed E-state index contributed by atoms with van der Waals surface area (Å²) in [5.41, 5.74) is 1.57. The fourth-order valence-electron chi connectivity index (χ4n) is 5.68. The lowest BCUT2D eigenvalue weighted by molar-refractivity contribution is -0.139. The fourth-order valence-corrected chi connectivity index (χ4v) is 5.84. The number of Topliss-reactive ketones (excluding diaryl/α,β-unsaturated/α-hetero) is 1. The number of likely N-dealkylation sites (N-methyl/N-ethyl adjacent to an activating group) is 1. The number of nitrogens with one attached hydrogen (secondary N) is 2. The van der Waals surface area contributed by atoms with Crippen LogP contribution in [0, 0.1) is 5.92 Å². The van der Waals surface area contributed by atoms with Gasteiger partial charge in [0.1, 0.15) is 6.04 Å². The molecule has 4 rings (SSSR count). The van der Waals surface area contributed by atoms with Crippen LogP contribution in [0.3, 0.4) is 0 Å². The van der Waals surface area contributed by atoms with E-state index in [1.807, 2.05) is 30.2 Å². The van der Waals surface area contributed by atoms with E-state index in [0.717, 1.165) is 49.4 Å². The molecule has 35 heavy (non-hydrogen) atoms. The lowest BCUT2D eigenvalue weighted by Gasteiger charge is -2.35. The van der Waals surface area contributed by atoms with Crippen LogP contribution in [0.2, 0.25) is 5.02 Å². The topological polar surface area (TPSA) is 83.4 Å². The molecule has 0 unspecified atom stereocenters. The van der Waals surface area contributed by atoms with Crippen LogP contribution in [-0.2, 0) is 16.1 Å². The van der Waals surface area contributed by atoms with Crippen LogP contribution in [0.1, 0.15) is 69.2 Å². The first-order chi connectivity index (χ1) is 16.8. The van der Waals surface area contributed by atoms with Crippen molar-refractivity contribution in [2.24, 2.45) is 5.92 Å². The number of likely N-dealkylation sites (tertiary alicyclic amines) is 1. The molecule has 2 heterocycles. The third kappa shape index (κ3) is 5.56. The molecule has 0 spiro atoms. The molecule has 1 aromatic carbocycles. The standard InChI is InChI=1S/C27H37ClN4O3/c1-17(29-3)26(34)30-25(19-8-5-4-6-9-19)27(35)32-13-7-10-21(32)15-31-16-23(18(2)33)22-12-11-20(28)14-24(22)31/h11-12,14,16-17,19,21,25,29H,4-10,13,15H2,1-3H3,(H,30,34)/t17-,21-,25-/m0/s1. The van der Waals surface area contributed by atoms with Gasteiger partial charge in [0.2, 0.25) is 11.8 Å². The van der Waals surface area contributed by atoms with Crippen LogP contribution >= 0.6 is 11.6 Å². The van der Waals surface area contributed by atoms with Crippen molar-refractivity contribution in [3.63, 3.8) is 0 Å². The van der Waals surface area contributed by atoms with E-state index >= 15 is 0 Å². The van der Waals surface area contributed by atoms with E-state index in [9.17, 15) is 14.4 Å². The van der Waals surface area contributed by atoms with Crippen molar-refractivity contribution in [1.29, 1.82) is 0 Å². The molecule has 2 amide bonds. The fraction of sp³-hybridized carbons (Fsp3) is 0.593. The average molecular weight is 501 g/mol. The average Bonchev–Trinajstić information content (AvgIpc) is 3.47. The molecule has 1 saturated heterocycles. The number of hydrogen-bond donors (Lipinski definition) is 2. The second-order valence-corrected chi connectivity index (χ2v) is 10.6. The van der Waals surface area contributed by atoms with Gasteiger partial charge in [0.25, 0.3) is 0 Å². The van der Waals surface area contributed by atoms with Crippen LogP contribution in [0.4, 0.5) is 0 Å². The number of rotatable bonds is 8. The first kappa shape index (κ1) is 25.7. The second-order valence-electron chi connectivity index (χ2n) is 10.1. The van der Waals surface area contributed by atoms with Crippen LogP contribution < -0.4 is 10.6 Å². The van der Waals surface area contributed by atoms with Gasteiger partial charge in [0, 0.05) is 41.3 Å². The lowest BCUT2D eigenvalue weighted by Crippen LogP contribution is -2.56. The molecule has 0 radical (unpaired) electrons. The number of aromatic nitrogens is 1. The molecular weight excluding hydrogens is 464 g/mol. The van der Waals surface area contributed by atoms with Gasteiger partial charge in [-0.3, -0.25) is 14.4 Å². The smallest absolute Gasteiger partial charge is 0.245 e. The number of amides is 2. The van der Waals surface area contributed by atoms with E-state index in [0.29, 0.717) is 23.7 Å². The summed E-state index contributed by atoms with van der Waals surface area (Å²) in [5.74, 6) is 0.0665. The highest BCUT2D eigenvalue weighted by molar-refractivity contribution is 6.31. The van der Waals surface area contributed by atoms with Gasteiger partial charge in [-0.15, -0.1) is 0 Å². The van der Waals surface area contributed by atoms with E-state index in [1.54, 1.807) is 20.0 Å². The van der Waals surface area contributed by atoms with E-state index in [4.69, 9.17) is 11.6 Å². The maximum atomic E-state index is 13.9. The highest BCUT2D eigenvalue weighted by Crippen LogP contribution is 2.31. The number of ketones is 1. The molecule has 1 aliphatic heterocycles. The summed E-state index contributed by atoms with van der Waals surface area (Å²) in [5, 5.41) is 7.57. The van der Waals surface area contributed by atoms with Gasteiger partial charge in [-0.25, -0.2) is 0 Å². The summed E-state index contributed by atoms with van der Waals surface area (Å²) < 4.78 is 2.06. The first-order valence-corrected chi connectivity index (χ1v) is 13.3. The third-order valence-corrected chi connectivity index (χ3v) is 8.04. The Balaban J connectivity index is 1.59. The van der Waals surface area contributed by atoms with Crippen LogP contribution in [0.5, 0.6) is 0 Å². The third-order valence-electron chi connectivity index (χ3n) is 7.80.